The van der Waals surface area contributed by atoms with Gasteiger partial charge in [0.05, 0.1) is 10.1 Å². The number of sulfonamides is 1. The lowest BCUT2D eigenvalue weighted by Crippen LogP contribution is -2.22. The number of carbonyl (C=O) groups excluding carboxylic acids is 1. The maximum absolute atomic E-state index is 12.3. The molecule has 146 valence electrons. The van der Waals surface area contributed by atoms with Gasteiger partial charge in [-0.15, -0.1) is 10.2 Å². The highest BCUT2D eigenvalue weighted by Gasteiger charge is 2.18. The number of aromatic nitrogens is 4. The summed E-state index contributed by atoms with van der Waals surface area (Å²) in [5.74, 6) is -0.284. The molecular weight excluding hydrogens is 422 g/mol. The Balaban J connectivity index is 1.62. The molecule has 4 N–H and O–H groups in total. The molecule has 2 heterocycles. The largest absolute Gasteiger partial charge is 0.374 e. The molecule has 13 heteroatoms. The van der Waals surface area contributed by atoms with E-state index in [2.05, 4.69) is 30.2 Å². The standard InChI is InChI=1S/C15H15N7O3S3/c1-9(26-15-21-20-13(16)27-15)12(23)19-10-3-5-11(6-4-10)28(24,25)22-14-17-7-2-8-18-14/h2-9H,1H3,(H2,16,20)(H,19,23)(H,17,18,22). The van der Waals surface area contributed by atoms with Gasteiger partial charge in [-0.2, -0.15) is 0 Å². The van der Waals surface area contributed by atoms with Crippen LogP contribution in [0.15, 0.2) is 52.0 Å². The van der Waals surface area contributed by atoms with Crippen molar-refractivity contribution in [1.29, 1.82) is 0 Å². The molecule has 3 aromatic rings. The Bertz CT molecular complexity index is 1060. The lowest BCUT2D eigenvalue weighted by atomic mass is 10.3. The van der Waals surface area contributed by atoms with Crippen molar-refractivity contribution in [2.45, 2.75) is 21.4 Å². The van der Waals surface area contributed by atoms with Gasteiger partial charge in [-0.25, -0.2) is 23.1 Å². The van der Waals surface area contributed by atoms with Crippen molar-refractivity contribution >= 4 is 55.8 Å². The van der Waals surface area contributed by atoms with Crippen molar-refractivity contribution in [1.82, 2.24) is 20.2 Å². The molecule has 10 nitrogen and oxygen atoms in total. The normalized spacial score (nSPS) is 12.3. The van der Waals surface area contributed by atoms with Gasteiger partial charge in [-0.05, 0) is 37.3 Å². The van der Waals surface area contributed by atoms with Crippen LogP contribution in [0.2, 0.25) is 0 Å². The van der Waals surface area contributed by atoms with Crippen molar-refractivity contribution in [2.75, 3.05) is 15.8 Å². The first kappa shape index (κ1) is 20.0. The Kier molecular flexibility index (Phi) is 6.06. The Morgan fingerprint density at radius 3 is 2.46 bits per heavy atom. The average molecular weight is 438 g/mol. The number of hydrogen-bond acceptors (Lipinski definition) is 10. The molecule has 28 heavy (non-hydrogen) atoms. The van der Waals surface area contributed by atoms with Crippen LogP contribution in [0.1, 0.15) is 6.92 Å². The Morgan fingerprint density at radius 2 is 1.86 bits per heavy atom. The van der Waals surface area contributed by atoms with E-state index < -0.39 is 15.3 Å². The second-order valence-corrected chi connectivity index (χ2v) is 9.64. The molecule has 0 saturated heterocycles. The zero-order chi connectivity index (χ0) is 20.1. The molecule has 1 amide bonds. The fraction of sp³-hybridized carbons (Fsp3) is 0.133. The van der Waals surface area contributed by atoms with E-state index in [1.165, 1.54) is 59.8 Å². The minimum absolute atomic E-state index is 0.0183. The Labute approximate surface area is 169 Å². The summed E-state index contributed by atoms with van der Waals surface area (Å²) in [4.78, 5) is 20.0. The van der Waals surface area contributed by atoms with E-state index in [1.807, 2.05) is 0 Å². The molecule has 0 fully saturated rings. The highest BCUT2D eigenvalue weighted by molar-refractivity contribution is 8.02. The highest BCUT2D eigenvalue weighted by atomic mass is 32.2. The quantitative estimate of drug-likeness (QED) is 0.470. The number of hydrogen-bond donors (Lipinski definition) is 3. The van der Waals surface area contributed by atoms with Crippen LogP contribution in [0, 0.1) is 0 Å². The number of nitrogens with zero attached hydrogens (tertiary/aromatic N) is 4. The smallest absolute Gasteiger partial charge is 0.264 e. The van der Waals surface area contributed by atoms with Crippen LogP contribution in [-0.2, 0) is 14.8 Å². The summed E-state index contributed by atoms with van der Waals surface area (Å²) >= 11 is 2.43. The van der Waals surface area contributed by atoms with Gasteiger partial charge in [0.15, 0.2) is 4.34 Å². The number of nitrogens with one attached hydrogen (secondary N) is 2. The van der Waals surface area contributed by atoms with Gasteiger partial charge in [0, 0.05) is 18.1 Å². The molecule has 2 aromatic heterocycles. The van der Waals surface area contributed by atoms with Crippen LogP contribution in [0.25, 0.3) is 0 Å². The number of carbonyl (C=O) groups is 1. The van der Waals surface area contributed by atoms with Gasteiger partial charge < -0.3 is 11.1 Å². The minimum Gasteiger partial charge on any atom is -0.374 e. The lowest BCUT2D eigenvalue weighted by molar-refractivity contribution is -0.115. The van der Waals surface area contributed by atoms with E-state index in [0.717, 1.165) is 0 Å². The average Bonchev–Trinajstić information content (AvgIpc) is 3.07. The summed E-state index contributed by atoms with van der Waals surface area (Å²) in [5.41, 5.74) is 5.98. The third-order valence-electron chi connectivity index (χ3n) is 3.29. The molecule has 0 radical (unpaired) electrons. The van der Waals surface area contributed by atoms with Crippen molar-refractivity contribution in [3.8, 4) is 0 Å². The van der Waals surface area contributed by atoms with Crippen LogP contribution in [0.5, 0.6) is 0 Å². The zero-order valence-corrected chi connectivity index (χ0v) is 16.9. The third-order valence-corrected chi connectivity index (χ3v) is 6.57. The van der Waals surface area contributed by atoms with E-state index in [4.69, 9.17) is 5.73 Å². The van der Waals surface area contributed by atoms with Crippen molar-refractivity contribution in [3.05, 3.63) is 42.7 Å². The summed E-state index contributed by atoms with van der Waals surface area (Å²) in [5, 5.41) is 10.2. The summed E-state index contributed by atoms with van der Waals surface area (Å²) in [6, 6.07) is 7.33. The van der Waals surface area contributed by atoms with Gasteiger partial charge in [-0.3, -0.25) is 4.79 Å². The summed E-state index contributed by atoms with van der Waals surface area (Å²) in [6.45, 7) is 1.72. The SMILES string of the molecule is CC(Sc1nnc(N)s1)C(=O)Nc1ccc(S(=O)(=O)Nc2ncccn2)cc1. The van der Waals surface area contributed by atoms with E-state index >= 15 is 0 Å². The van der Waals surface area contributed by atoms with Crippen LogP contribution < -0.4 is 15.8 Å². The number of nitrogens with two attached hydrogens (primary N) is 1. The van der Waals surface area contributed by atoms with Crippen molar-refractivity contribution in [3.63, 3.8) is 0 Å². The molecule has 1 aromatic carbocycles. The van der Waals surface area contributed by atoms with E-state index in [-0.39, 0.29) is 16.8 Å². The number of amides is 1. The van der Waals surface area contributed by atoms with Gasteiger partial charge in [-0.1, -0.05) is 23.1 Å². The van der Waals surface area contributed by atoms with Crippen LogP contribution in [-0.4, -0.2) is 39.7 Å². The van der Waals surface area contributed by atoms with E-state index in [1.54, 1.807) is 13.0 Å². The maximum atomic E-state index is 12.3. The molecule has 3 rings (SSSR count). The molecule has 0 aliphatic heterocycles. The first-order chi connectivity index (χ1) is 13.3. The molecule has 0 spiro atoms. The summed E-state index contributed by atoms with van der Waals surface area (Å²) < 4.78 is 27.6. The minimum atomic E-state index is -3.83. The molecular formula is C15H15N7O3S3. The third kappa shape index (κ3) is 5.15. The van der Waals surface area contributed by atoms with Crippen LogP contribution >= 0.6 is 23.1 Å². The molecule has 1 atom stereocenters. The zero-order valence-electron chi connectivity index (χ0n) is 14.4. The highest BCUT2D eigenvalue weighted by Crippen LogP contribution is 2.28. The number of anilines is 3. The Morgan fingerprint density at radius 1 is 1.18 bits per heavy atom. The maximum Gasteiger partial charge on any atom is 0.264 e. The monoisotopic (exact) mass is 437 g/mol. The summed E-state index contributed by atoms with van der Waals surface area (Å²) in [6.07, 6.45) is 2.86. The number of benzene rings is 1. The molecule has 0 aliphatic rings. The molecule has 0 saturated carbocycles. The van der Waals surface area contributed by atoms with Gasteiger partial charge in [0.1, 0.15) is 0 Å². The Hall–Kier alpha value is -2.77. The number of rotatable bonds is 7. The topological polar surface area (TPSA) is 153 Å². The van der Waals surface area contributed by atoms with E-state index in [9.17, 15) is 13.2 Å². The predicted octanol–water partition coefficient (Wildman–Crippen LogP) is 1.83. The van der Waals surface area contributed by atoms with Crippen LogP contribution in [0.4, 0.5) is 16.8 Å². The van der Waals surface area contributed by atoms with Crippen molar-refractivity contribution < 1.29 is 13.2 Å². The second kappa shape index (κ2) is 8.50. The van der Waals surface area contributed by atoms with Gasteiger partial charge in [0.25, 0.3) is 10.0 Å². The number of nitrogen functional groups attached to an aromatic ring is 1. The van der Waals surface area contributed by atoms with E-state index in [0.29, 0.717) is 15.2 Å². The fourth-order valence-corrected chi connectivity index (χ4v) is 4.70. The van der Waals surface area contributed by atoms with Crippen molar-refractivity contribution in [2.24, 2.45) is 0 Å². The number of thioether (sulfide) groups is 1. The first-order valence-corrected chi connectivity index (χ1v) is 11.0. The fourth-order valence-electron chi connectivity index (χ4n) is 1.96. The summed E-state index contributed by atoms with van der Waals surface area (Å²) in [7, 11) is -3.83. The molecule has 0 aliphatic carbocycles. The van der Waals surface area contributed by atoms with Gasteiger partial charge >= 0.3 is 0 Å². The van der Waals surface area contributed by atoms with Crippen LogP contribution in [0.3, 0.4) is 0 Å². The molecule has 0 bridgehead atoms. The van der Waals surface area contributed by atoms with Gasteiger partial charge in [0.2, 0.25) is 17.0 Å². The molecule has 1 unspecified atom stereocenters. The lowest BCUT2D eigenvalue weighted by Gasteiger charge is -2.11. The second-order valence-electron chi connectivity index (χ2n) is 5.36. The first-order valence-electron chi connectivity index (χ1n) is 7.80. The predicted molar refractivity (Wildman–Crippen MR) is 108 cm³/mol.